The third-order valence-corrected chi connectivity index (χ3v) is 3.69. The third-order valence-electron chi connectivity index (χ3n) is 3.20. The summed E-state index contributed by atoms with van der Waals surface area (Å²) in [4.78, 5) is 11.6. The maximum atomic E-state index is 11.6. The minimum Gasteiger partial charge on any atom is -0.376 e. The monoisotopic (exact) mass is 318 g/mol. The van der Waals surface area contributed by atoms with E-state index in [1.807, 2.05) is 12.1 Å². The average Bonchev–Trinajstić information content (AvgIpc) is 3.20. The van der Waals surface area contributed by atoms with Gasteiger partial charge in [-0.2, -0.15) is 0 Å². The van der Waals surface area contributed by atoms with Crippen molar-refractivity contribution in [3.63, 3.8) is 0 Å². The van der Waals surface area contributed by atoms with E-state index in [0.717, 1.165) is 28.4 Å². The Kier molecular flexibility index (Phi) is 3.42. The Labute approximate surface area is 120 Å². The lowest BCUT2D eigenvalue weighted by Gasteiger charge is -2.08. The molecule has 1 saturated carbocycles. The van der Waals surface area contributed by atoms with E-state index in [1.165, 1.54) is 5.39 Å². The van der Waals surface area contributed by atoms with Gasteiger partial charge in [-0.25, -0.2) is 0 Å². The molecule has 1 amide bonds. The molecule has 19 heavy (non-hydrogen) atoms. The van der Waals surface area contributed by atoms with Crippen molar-refractivity contribution in [1.82, 2.24) is 5.32 Å². The van der Waals surface area contributed by atoms with Crippen LogP contribution in [-0.2, 0) is 4.79 Å². The zero-order valence-electron chi connectivity index (χ0n) is 10.4. The Bertz CT molecular complexity index is 623. The van der Waals surface area contributed by atoms with Crippen molar-refractivity contribution in [3.05, 3.63) is 40.9 Å². The number of carbonyl (C=O) groups is 1. The lowest BCUT2D eigenvalue weighted by atomic mass is 10.1. The summed E-state index contributed by atoms with van der Waals surface area (Å²) in [6.45, 7) is 0.332. The standard InChI is InChI=1S/C15H15BrN2O/c16-12-3-1-11-8-14(4-2-10(11)7-12)17-9-15(19)18-13-5-6-13/h1-4,7-8,13,17H,5-6,9H2,(H,18,19). The zero-order chi connectivity index (χ0) is 13.2. The van der Waals surface area contributed by atoms with E-state index in [0.29, 0.717) is 12.6 Å². The Balaban J connectivity index is 1.67. The molecule has 2 N–H and O–H groups in total. The Morgan fingerprint density at radius 2 is 1.89 bits per heavy atom. The van der Waals surface area contributed by atoms with Gasteiger partial charge in [-0.05, 0) is 47.9 Å². The van der Waals surface area contributed by atoms with Gasteiger partial charge < -0.3 is 10.6 Å². The van der Waals surface area contributed by atoms with Crippen LogP contribution in [0.15, 0.2) is 40.9 Å². The summed E-state index contributed by atoms with van der Waals surface area (Å²) >= 11 is 3.46. The van der Waals surface area contributed by atoms with Gasteiger partial charge in [0.15, 0.2) is 0 Å². The van der Waals surface area contributed by atoms with Crippen LogP contribution in [0, 0.1) is 0 Å². The van der Waals surface area contributed by atoms with Crippen molar-refractivity contribution in [1.29, 1.82) is 0 Å². The van der Waals surface area contributed by atoms with Crippen molar-refractivity contribution in [3.8, 4) is 0 Å². The molecule has 1 aliphatic carbocycles. The van der Waals surface area contributed by atoms with E-state index in [4.69, 9.17) is 0 Å². The quantitative estimate of drug-likeness (QED) is 0.908. The summed E-state index contributed by atoms with van der Waals surface area (Å²) in [6.07, 6.45) is 2.24. The van der Waals surface area contributed by atoms with E-state index in [9.17, 15) is 4.79 Å². The molecule has 3 rings (SSSR count). The Morgan fingerprint density at radius 3 is 2.68 bits per heavy atom. The predicted octanol–water partition coefficient (Wildman–Crippen LogP) is 3.29. The average molecular weight is 319 g/mol. The number of benzene rings is 2. The van der Waals surface area contributed by atoms with Crippen molar-refractivity contribution < 1.29 is 4.79 Å². The maximum absolute atomic E-state index is 11.6. The van der Waals surface area contributed by atoms with E-state index in [1.54, 1.807) is 0 Å². The number of carbonyl (C=O) groups excluding carboxylic acids is 1. The first kappa shape index (κ1) is 12.5. The smallest absolute Gasteiger partial charge is 0.239 e. The molecule has 0 spiro atoms. The lowest BCUT2D eigenvalue weighted by Crippen LogP contribution is -2.31. The highest BCUT2D eigenvalue weighted by Crippen LogP contribution is 2.23. The summed E-state index contributed by atoms with van der Waals surface area (Å²) in [5, 5.41) is 8.47. The molecule has 0 heterocycles. The molecule has 98 valence electrons. The van der Waals surface area contributed by atoms with E-state index < -0.39 is 0 Å². The summed E-state index contributed by atoms with van der Waals surface area (Å²) in [5.74, 6) is 0.0680. The summed E-state index contributed by atoms with van der Waals surface area (Å²) in [7, 11) is 0. The highest BCUT2D eigenvalue weighted by molar-refractivity contribution is 9.10. The fourth-order valence-electron chi connectivity index (χ4n) is 2.02. The molecule has 0 radical (unpaired) electrons. The minimum absolute atomic E-state index is 0.0680. The van der Waals surface area contributed by atoms with Crippen LogP contribution in [0.1, 0.15) is 12.8 Å². The molecule has 0 atom stereocenters. The molecule has 4 heteroatoms. The number of nitrogens with one attached hydrogen (secondary N) is 2. The topological polar surface area (TPSA) is 41.1 Å². The lowest BCUT2D eigenvalue weighted by molar-refractivity contribution is -0.119. The number of fused-ring (bicyclic) bond motifs is 1. The summed E-state index contributed by atoms with van der Waals surface area (Å²) < 4.78 is 1.07. The van der Waals surface area contributed by atoms with Gasteiger partial charge in [-0.1, -0.05) is 28.1 Å². The third kappa shape index (κ3) is 3.26. The van der Waals surface area contributed by atoms with Crippen LogP contribution in [-0.4, -0.2) is 18.5 Å². The minimum atomic E-state index is 0.0680. The molecule has 0 aliphatic heterocycles. The highest BCUT2D eigenvalue weighted by Gasteiger charge is 2.22. The van der Waals surface area contributed by atoms with E-state index in [2.05, 4.69) is 50.8 Å². The maximum Gasteiger partial charge on any atom is 0.239 e. The molecular weight excluding hydrogens is 304 g/mol. The Hall–Kier alpha value is -1.55. The molecular formula is C15H15BrN2O. The number of rotatable bonds is 4. The van der Waals surface area contributed by atoms with Crippen LogP contribution in [0.5, 0.6) is 0 Å². The molecule has 0 saturated heterocycles. The predicted molar refractivity (Wildman–Crippen MR) is 81.3 cm³/mol. The molecule has 1 fully saturated rings. The zero-order valence-corrected chi connectivity index (χ0v) is 12.0. The fourth-order valence-corrected chi connectivity index (χ4v) is 2.39. The number of halogens is 1. The molecule has 2 aromatic carbocycles. The molecule has 0 unspecified atom stereocenters. The number of amides is 1. The molecule has 2 aromatic rings. The van der Waals surface area contributed by atoms with Crippen molar-refractivity contribution in [2.45, 2.75) is 18.9 Å². The van der Waals surface area contributed by atoms with Gasteiger partial charge in [-0.15, -0.1) is 0 Å². The summed E-state index contributed by atoms with van der Waals surface area (Å²) in [6, 6.07) is 12.7. The highest BCUT2D eigenvalue weighted by atomic mass is 79.9. The second-order valence-electron chi connectivity index (χ2n) is 4.90. The van der Waals surface area contributed by atoms with Crippen molar-refractivity contribution in [2.75, 3.05) is 11.9 Å². The fraction of sp³-hybridized carbons (Fsp3) is 0.267. The van der Waals surface area contributed by atoms with Crippen LogP contribution < -0.4 is 10.6 Å². The van der Waals surface area contributed by atoms with Crippen LogP contribution in [0.25, 0.3) is 10.8 Å². The van der Waals surface area contributed by atoms with Crippen LogP contribution in [0.2, 0.25) is 0 Å². The molecule has 1 aliphatic rings. The van der Waals surface area contributed by atoms with Gasteiger partial charge >= 0.3 is 0 Å². The molecule has 3 nitrogen and oxygen atoms in total. The first-order valence-corrected chi connectivity index (χ1v) is 7.22. The van der Waals surface area contributed by atoms with Gasteiger partial charge in [0.1, 0.15) is 0 Å². The normalized spacial score (nSPS) is 14.4. The van der Waals surface area contributed by atoms with Crippen LogP contribution in [0.3, 0.4) is 0 Å². The summed E-state index contributed by atoms with van der Waals surface area (Å²) in [5.41, 5.74) is 0.973. The molecule has 0 bridgehead atoms. The number of hydrogen-bond donors (Lipinski definition) is 2. The second kappa shape index (κ2) is 5.21. The van der Waals surface area contributed by atoms with Gasteiger partial charge in [0.05, 0.1) is 6.54 Å². The molecule has 0 aromatic heterocycles. The first-order valence-electron chi connectivity index (χ1n) is 6.43. The van der Waals surface area contributed by atoms with Crippen molar-refractivity contribution in [2.24, 2.45) is 0 Å². The number of hydrogen-bond acceptors (Lipinski definition) is 2. The largest absolute Gasteiger partial charge is 0.376 e. The SMILES string of the molecule is O=C(CNc1ccc2cc(Br)ccc2c1)NC1CC1. The Morgan fingerprint density at radius 1 is 1.16 bits per heavy atom. The van der Waals surface area contributed by atoms with Gasteiger partial charge in [0.25, 0.3) is 0 Å². The second-order valence-corrected chi connectivity index (χ2v) is 5.82. The first-order chi connectivity index (χ1) is 9.20. The van der Waals surface area contributed by atoms with Crippen LogP contribution in [0.4, 0.5) is 5.69 Å². The van der Waals surface area contributed by atoms with E-state index in [-0.39, 0.29) is 5.91 Å². The van der Waals surface area contributed by atoms with Gasteiger partial charge in [0.2, 0.25) is 5.91 Å². The van der Waals surface area contributed by atoms with Crippen LogP contribution >= 0.6 is 15.9 Å². The van der Waals surface area contributed by atoms with Gasteiger partial charge in [-0.3, -0.25) is 4.79 Å². The van der Waals surface area contributed by atoms with Crippen molar-refractivity contribution >= 4 is 38.3 Å². The van der Waals surface area contributed by atoms with E-state index >= 15 is 0 Å². The number of anilines is 1. The van der Waals surface area contributed by atoms with Gasteiger partial charge in [0, 0.05) is 16.2 Å².